The zero-order chi connectivity index (χ0) is 25.3. The molecular weight excluding hydrogens is 454 g/mol. The first-order valence-corrected chi connectivity index (χ1v) is 11.4. The second-order valence-corrected chi connectivity index (χ2v) is 8.06. The number of carbonyl (C=O) groups excluding carboxylic acids is 3. The molecule has 0 bridgehead atoms. The van der Waals surface area contributed by atoms with Crippen molar-refractivity contribution in [3.05, 3.63) is 120 Å². The van der Waals surface area contributed by atoms with Crippen molar-refractivity contribution in [1.29, 1.82) is 0 Å². The predicted molar refractivity (Wildman–Crippen MR) is 138 cm³/mol. The summed E-state index contributed by atoms with van der Waals surface area (Å²) in [6.07, 6.45) is -1.20. The van der Waals surface area contributed by atoms with Crippen LogP contribution in [-0.2, 0) is 14.3 Å². The third kappa shape index (κ3) is 6.24. The number of hydrogen-bond acceptors (Lipinski definition) is 5. The van der Waals surface area contributed by atoms with Crippen LogP contribution in [0.1, 0.15) is 28.9 Å². The molecule has 1 amide bonds. The average Bonchev–Trinajstić information content (AvgIpc) is 2.91. The molecule has 0 aliphatic carbocycles. The molecular formula is C30H25NO5. The Balaban J connectivity index is 1.48. The molecule has 0 heterocycles. The van der Waals surface area contributed by atoms with Crippen molar-refractivity contribution in [1.82, 2.24) is 0 Å². The summed E-state index contributed by atoms with van der Waals surface area (Å²) < 4.78 is 11.4. The molecule has 6 nitrogen and oxygen atoms in total. The fraction of sp³-hybridized carbons (Fsp3) is 0.100. The van der Waals surface area contributed by atoms with E-state index in [1.807, 2.05) is 48.5 Å². The van der Waals surface area contributed by atoms with E-state index in [-0.39, 0.29) is 12.4 Å². The Hall–Kier alpha value is -4.71. The van der Waals surface area contributed by atoms with Crippen molar-refractivity contribution in [2.24, 2.45) is 0 Å². The molecule has 0 aliphatic heterocycles. The molecule has 1 unspecified atom stereocenters. The van der Waals surface area contributed by atoms with Gasteiger partial charge < -0.3 is 14.8 Å². The Bertz CT molecular complexity index is 1350. The number of benzene rings is 4. The first-order valence-electron chi connectivity index (χ1n) is 11.4. The van der Waals surface area contributed by atoms with Crippen molar-refractivity contribution >= 4 is 23.3 Å². The summed E-state index contributed by atoms with van der Waals surface area (Å²) in [6, 6.07) is 32.4. The molecule has 0 radical (unpaired) electrons. The highest BCUT2D eigenvalue weighted by molar-refractivity contribution is 5.99. The largest absolute Gasteiger partial charge is 0.481 e. The van der Waals surface area contributed by atoms with Gasteiger partial charge in [0.05, 0.1) is 0 Å². The number of Topliss-reactive ketones (excluding diaryl/α,β-unsaturated/α-hetero) is 1. The van der Waals surface area contributed by atoms with Gasteiger partial charge in [0, 0.05) is 22.4 Å². The molecule has 180 valence electrons. The van der Waals surface area contributed by atoms with Crippen LogP contribution in [0.2, 0.25) is 0 Å². The number of amides is 1. The Morgan fingerprint density at radius 3 is 2.17 bits per heavy atom. The highest BCUT2D eigenvalue weighted by Crippen LogP contribution is 2.29. The van der Waals surface area contributed by atoms with Crippen LogP contribution in [0.4, 0.5) is 5.69 Å². The molecule has 0 saturated carbocycles. The van der Waals surface area contributed by atoms with Gasteiger partial charge in [0.15, 0.2) is 12.4 Å². The second kappa shape index (κ2) is 11.6. The molecule has 0 fully saturated rings. The molecule has 36 heavy (non-hydrogen) atoms. The van der Waals surface area contributed by atoms with Crippen molar-refractivity contribution in [3.63, 3.8) is 0 Å². The van der Waals surface area contributed by atoms with Crippen molar-refractivity contribution < 1.29 is 23.9 Å². The standard InChI is InChI=1S/C30H25NO5/c1-21(32)24-15-10-16-25(19-24)31-30(34)29(23-13-6-3-7-14-23)36-28(33)20-35-27-18-9-8-17-26(27)22-11-4-2-5-12-22/h2-19,29H,20H2,1H3,(H,31,34). The van der Waals surface area contributed by atoms with E-state index in [2.05, 4.69) is 5.32 Å². The van der Waals surface area contributed by atoms with E-state index in [1.54, 1.807) is 60.7 Å². The van der Waals surface area contributed by atoms with Crippen LogP contribution >= 0.6 is 0 Å². The lowest BCUT2D eigenvalue weighted by Gasteiger charge is -2.19. The molecule has 1 N–H and O–H groups in total. The van der Waals surface area contributed by atoms with E-state index in [0.717, 1.165) is 11.1 Å². The first kappa shape index (κ1) is 24.4. The topological polar surface area (TPSA) is 81.7 Å². The van der Waals surface area contributed by atoms with E-state index < -0.39 is 18.0 Å². The van der Waals surface area contributed by atoms with Crippen LogP contribution in [0.3, 0.4) is 0 Å². The number of para-hydroxylation sites is 1. The summed E-state index contributed by atoms with van der Waals surface area (Å²) in [7, 11) is 0. The van der Waals surface area contributed by atoms with Crippen molar-refractivity contribution in [3.8, 4) is 16.9 Å². The zero-order valence-electron chi connectivity index (χ0n) is 19.7. The number of ether oxygens (including phenoxy) is 2. The van der Waals surface area contributed by atoms with Gasteiger partial charge in [-0.3, -0.25) is 9.59 Å². The van der Waals surface area contributed by atoms with Gasteiger partial charge in [0.25, 0.3) is 5.91 Å². The van der Waals surface area contributed by atoms with Crippen LogP contribution in [0.5, 0.6) is 5.75 Å². The van der Waals surface area contributed by atoms with Crippen LogP contribution < -0.4 is 10.1 Å². The number of esters is 1. The van der Waals surface area contributed by atoms with Gasteiger partial charge in [-0.25, -0.2) is 4.79 Å². The fourth-order valence-electron chi connectivity index (χ4n) is 3.68. The summed E-state index contributed by atoms with van der Waals surface area (Å²) in [5, 5.41) is 2.74. The Morgan fingerprint density at radius 1 is 0.778 bits per heavy atom. The third-order valence-corrected chi connectivity index (χ3v) is 5.44. The number of nitrogens with one attached hydrogen (secondary N) is 1. The van der Waals surface area contributed by atoms with Gasteiger partial charge in [-0.15, -0.1) is 0 Å². The Kier molecular flexibility index (Phi) is 7.88. The van der Waals surface area contributed by atoms with E-state index >= 15 is 0 Å². The molecule has 0 spiro atoms. The molecule has 4 aromatic carbocycles. The van der Waals surface area contributed by atoms with Gasteiger partial charge in [0.2, 0.25) is 6.10 Å². The Labute approximate surface area is 209 Å². The minimum Gasteiger partial charge on any atom is -0.481 e. The number of anilines is 1. The normalized spacial score (nSPS) is 11.2. The average molecular weight is 480 g/mol. The maximum absolute atomic E-state index is 13.1. The second-order valence-electron chi connectivity index (χ2n) is 8.06. The van der Waals surface area contributed by atoms with Gasteiger partial charge in [-0.05, 0) is 30.7 Å². The molecule has 4 rings (SSSR count). The smallest absolute Gasteiger partial charge is 0.345 e. The third-order valence-electron chi connectivity index (χ3n) is 5.44. The summed E-state index contributed by atoms with van der Waals surface area (Å²) in [5.74, 6) is -0.827. The quantitative estimate of drug-likeness (QED) is 0.240. The number of hydrogen-bond donors (Lipinski definition) is 1. The number of rotatable bonds is 9. The van der Waals surface area contributed by atoms with Crippen LogP contribution in [0.15, 0.2) is 109 Å². The highest BCUT2D eigenvalue weighted by Gasteiger charge is 2.25. The maximum Gasteiger partial charge on any atom is 0.345 e. The molecule has 4 aromatic rings. The number of ketones is 1. The first-order chi connectivity index (χ1) is 17.5. The van der Waals surface area contributed by atoms with E-state index in [4.69, 9.17) is 9.47 Å². The number of carbonyl (C=O) groups is 3. The monoisotopic (exact) mass is 479 g/mol. The Morgan fingerprint density at radius 2 is 1.44 bits per heavy atom. The maximum atomic E-state index is 13.1. The minimum absolute atomic E-state index is 0.120. The van der Waals surface area contributed by atoms with Gasteiger partial charge in [0.1, 0.15) is 5.75 Å². The van der Waals surface area contributed by atoms with Crippen LogP contribution in [0, 0.1) is 0 Å². The van der Waals surface area contributed by atoms with E-state index in [9.17, 15) is 14.4 Å². The van der Waals surface area contributed by atoms with E-state index in [1.165, 1.54) is 6.92 Å². The predicted octanol–water partition coefficient (Wildman–Crippen LogP) is 5.86. The lowest BCUT2D eigenvalue weighted by atomic mass is 10.1. The fourth-order valence-corrected chi connectivity index (χ4v) is 3.68. The van der Waals surface area contributed by atoms with Gasteiger partial charge in [-0.2, -0.15) is 0 Å². The molecule has 0 saturated heterocycles. The van der Waals surface area contributed by atoms with Crippen LogP contribution in [0.25, 0.3) is 11.1 Å². The molecule has 0 aromatic heterocycles. The van der Waals surface area contributed by atoms with Crippen LogP contribution in [-0.4, -0.2) is 24.3 Å². The summed E-state index contributed by atoms with van der Waals surface area (Å²) >= 11 is 0. The van der Waals surface area contributed by atoms with E-state index in [0.29, 0.717) is 22.6 Å². The van der Waals surface area contributed by atoms with Crippen molar-refractivity contribution in [2.45, 2.75) is 13.0 Å². The summed E-state index contributed by atoms with van der Waals surface area (Å²) in [4.78, 5) is 37.6. The lowest BCUT2D eigenvalue weighted by molar-refractivity contribution is -0.156. The molecule has 6 heteroatoms. The molecule has 0 aliphatic rings. The van der Waals surface area contributed by atoms with Crippen molar-refractivity contribution in [2.75, 3.05) is 11.9 Å². The lowest BCUT2D eigenvalue weighted by Crippen LogP contribution is -2.28. The highest BCUT2D eigenvalue weighted by atomic mass is 16.6. The molecule has 1 atom stereocenters. The van der Waals surface area contributed by atoms with Gasteiger partial charge >= 0.3 is 5.97 Å². The SMILES string of the molecule is CC(=O)c1cccc(NC(=O)C(OC(=O)COc2ccccc2-c2ccccc2)c2ccccc2)c1. The summed E-state index contributed by atoms with van der Waals surface area (Å²) in [6.45, 7) is 1.08. The minimum atomic E-state index is -1.20. The zero-order valence-corrected chi connectivity index (χ0v) is 19.7. The summed E-state index contributed by atoms with van der Waals surface area (Å²) in [5.41, 5.74) is 3.20. The van der Waals surface area contributed by atoms with Gasteiger partial charge in [-0.1, -0.05) is 91.0 Å².